The van der Waals surface area contributed by atoms with E-state index in [9.17, 15) is 4.79 Å². The van der Waals surface area contributed by atoms with Gasteiger partial charge in [-0.15, -0.1) is 0 Å². The monoisotopic (exact) mass is 270 g/mol. The molecular weight excluding hydrogens is 236 g/mol. The molecule has 3 nitrogen and oxygen atoms in total. The molecule has 0 aromatic carbocycles. The lowest BCUT2D eigenvalue weighted by Gasteiger charge is -2.39. The topological polar surface area (TPSA) is 46.3 Å². The van der Waals surface area contributed by atoms with Crippen molar-refractivity contribution < 1.29 is 4.79 Å². The van der Waals surface area contributed by atoms with Crippen LogP contribution >= 0.6 is 0 Å². The number of nitrogens with two attached hydrogens (primary N) is 1. The Morgan fingerprint density at radius 2 is 1.58 bits per heavy atom. The quantitative estimate of drug-likeness (QED) is 0.483. The zero-order chi connectivity index (χ0) is 14.9. The van der Waals surface area contributed by atoms with Gasteiger partial charge in [0.15, 0.2) is 0 Å². The molecule has 19 heavy (non-hydrogen) atoms. The molecule has 0 aliphatic rings. The van der Waals surface area contributed by atoms with E-state index in [1.165, 1.54) is 32.1 Å². The van der Waals surface area contributed by atoms with Crippen LogP contribution < -0.4 is 5.73 Å². The summed E-state index contributed by atoms with van der Waals surface area (Å²) in [5.41, 5.74) is 5.65. The van der Waals surface area contributed by atoms with E-state index in [0.717, 1.165) is 12.8 Å². The van der Waals surface area contributed by atoms with Crippen LogP contribution in [0.3, 0.4) is 0 Å². The second-order valence-electron chi connectivity index (χ2n) is 6.20. The van der Waals surface area contributed by atoms with Crippen LogP contribution in [0.15, 0.2) is 0 Å². The highest BCUT2D eigenvalue weighted by Crippen LogP contribution is 2.18. The molecule has 0 aromatic heterocycles. The summed E-state index contributed by atoms with van der Waals surface area (Å²) in [7, 11) is 1.82. The average Bonchev–Trinajstić information content (AvgIpc) is 2.36. The van der Waals surface area contributed by atoms with E-state index >= 15 is 0 Å². The number of rotatable bonds is 10. The number of nitrogens with zero attached hydrogens (tertiary/aromatic N) is 1. The molecule has 0 saturated carbocycles. The second-order valence-corrected chi connectivity index (χ2v) is 6.20. The van der Waals surface area contributed by atoms with Crippen LogP contribution in [-0.2, 0) is 4.79 Å². The maximum atomic E-state index is 12.1. The fourth-order valence-electron chi connectivity index (χ4n) is 2.06. The maximum Gasteiger partial charge on any atom is 0.223 e. The van der Waals surface area contributed by atoms with Gasteiger partial charge in [0.05, 0.1) is 5.66 Å². The van der Waals surface area contributed by atoms with Gasteiger partial charge in [-0.3, -0.25) is 4.79 Å². The Hall–Kier alpha value is -0.570. The Labute approximate surface area is 119 Å². The van der Waals surface area contributed by atoms with Crippen molar-refractivity contribution in [1.29, 1.82) is 0 Å². The van der Waals surface area contributed by atoms with Gasteiger partial charge in [-0.2, -0.15) is 0 Å². The largest absolute Gasteiger partial charge is 0.328 e. The van der Waals surface area contributed by atoms with Gasteiger partial charge >= 0.3 is 0 Å². The summed E-state index contributed by atoms with van der Waals surface area (Å²) in [5.74, 6) is 0.433. The first-order chi connectivity index (χ1) is 8.84. The zero-order valence-corrected chi connectivity index (χ0v) is 13.7. The summed E-state index contributed by atoms with van der Waals surface area (Å²) < 4.78 is 0. The SMILES string of the molecule is CCCCCCCCCC(=O)N(C)C(C)(N)C(C)C. The molecule has 0 aliphatic heterocycles. The van der Waals surface area contributed by atoms with Crippen molar-refractivity contribution in [2.75, 3.05) is 7.05 Å². The zero-order valence-electron chi connectivity index (χ0n) is 13.7. The van der Waals surface area contributed by atoms with Gasteiger partial charge in [0.1, 0.15) is 0 Å². The number of carbonyl (C=O) groups excluding carboxylic acids is 1. The lowest BCUT2D eigenvalue weighted by molar-refractivity contribution is -0.136. The van der Waals surface area contributed by atoms with Gasteiger partial charge in [0.2, 0.25) is 5.91 Å². The Bertz CT molecular complexity index is 249. The van der Waals surface area contributed by atoms with Crippen molar-refractivity contribution >= 4 is 5.91 Å². The molecule has 2 N–H and O–H groups in total. The van der Waals surface area contributed by atoms with Crippen molar-refractivity contribution in [2.24, 2.45) is 11.7 Å². The first-order valence-corrected chi connectivity index (χ1v) is 7.89. The van der Waals surface area contributed by atoms with Gasteiger partial charge in [-0.25, -0.2) is 0 Å². The highest BCUT2D eigenvalue weighted by Gasteiger charge is 2.30. The van der Waals surface area contributed by atoms with E-state index in [2.05, 4.69) is 20.8 Å². The smallest absolute Gasteiger partial charge is 0.223 e. The molecule has 0 saturated heterocycles. The predicted octanol–water partition coefficient (Wildman–Crippen LogP) is 3.92. The fourth-order valence-corrected chi connectivity index (χ4v) is 2.06. The van der Waals surface area contributed by atoms with E-state index < -0.39 is 5.66 Å². The third-order valence-electron chi connectivity index (χ3n) is 4.26. The Balaban J connectivity index is 3.80. The van der Waals surface area contributed by atoms with E-state index in [4.69, 9.17) is 5.73 Å². The van der Waals surface area contributed by atoms with E-state index in [1.54, 1.807) is 4.90 Å². The summed E-state index contributed by atoms with van der Waals surface area (Å²) in [4.78, 5) is 13.8. The molecule has 1 atom stereocenters. The van der Waals surface area contributed by atoms with Gasteiger partial charge in [0, 0.05) is 13.5 Å². The summed E-state index contributed by atoms with van der Waals surface area (Å²) in [5, 5.41) is 0. The summed E-state index contributed by atoms with van der Waals surface area (Å²) in [6, 6.07) is 0. The molecule has 1 unspecified atom stereocenters. The van der Waals surface area contributed by atoms with Crippen LogP contribution in [0.1, 0.15) is 79.1 Å². The second kappa shape index (κ2) is 9.35. The molecule has 0 rings (SSSR count). The third-order valence-corrected chi connectivity index (χ3v) is 4.26. The number of unbranched alkanes of at least 4 members (excludes halogenated alkanes) is 6. The van der Waals surface area contributed by atoms with Gasteiger partial charge in [-0.1, -0.05) is 59.3 Å². The van der Waals surface area contributed by atoms with Crippen LogP contribution in [-0.4, -0.2) is 23.5 Å². The van der Waals surface area contributed by atoms with E-state index in [-0.39, 0.29) is 11.8 Å². The first-order valence-electron chi connectivity index (χ1n) is 7.89. The molecule has 3 heteroatoms. The average molecular weight is 270 g/mol. The number of amides is 1. The highest BCUT2D eigenvalue weighted by molar-refractivity contribution is 5.76. The number of hydrogen-bond acceptors (Lipinski definition) is 2. The van der Waals surface area contributed by atoms with Gasteiger partial charge in [-0.05, 0) is 19.3 Å². The molecule has 0 spiro atoms. The van der Waals surface area contributed by atoms with Gasteiger partial charge < -0.3 is 10.6 Å². The third kappa shape index (κ3) is 6.95. The molecule has 0 radical (unpaired) electrons. The molecule has 0 heterocycles. The van der Waals surface area contributed by atoms with E-state index in [1.807, 2.05) is 14.0 Å². The van der Waals surface area contributed by atoms with Crippen molar-refractivity contribution in [2.45, 2.75) is 84.7 Å². The lowest BCUT2D eigenvalue weighted by Crippen LogP contribution is -2.57. The Morgan fingerprint density at radius 1 is 1.11 bits per heavy atom. The molecule has 0 bridgehead atoms. The van der Waals surface area contributed by atoms with Crippen molar-refractivity contribution in [1.82, 2.24) is 4.90 Å². The normalized spacial score (nSPS) is 14.5. The highest BCUT2D eigenvalue weighted by atomic mass is 16.2. The fraction of sp³-hybridized carbons (Fsp3) is 0.938. The Morgan fingerprint density at radius 3 is 2.05 bits per heavy atom. The molecular formula is C16H34N2O. The Kier molecular flexibility index (Phi) is 9.07. The summed E-state index contributed by atoms with van der Waals surface area (Å²) in [6.45, 7) is 8.27. The number of hydrogen-bond donors (Lipinski definition) is 1. The minimum Gasteiger partial charge on any atom is -0.328 e. The van der Waals surface area contributed by atoms with Crippen molar-refractivity contribution in [3.05, 3.63) is 0 Å². The van der Waals surface area contributed by atoms with Crippen LogP contribution in [0.4, 0.5) is 0 Å². The predicted molar refractivity (Wildman–Crippen MR) is 82.8 cm³/mol. The van der Waals surface area contributed by atoms with E-state index in [0.29, 0.717) is 6.42 Å². The van der Waals surface area contributed by atoms with Crippen LogP contribution in [0.25, 0.3) is 0 Å². The van der Waals surface area contributed by atoms with Crippen LogP contribution in [0.2, 0.25) is 0 Å². The molecule has 0 aromatic rings. The van der Waals surface area contributed by atoms with Crippen LogP contribution in [0.5, 0.6) is 0 Å². The molecule has 1 amide bonds. The summed E-state index contributed by atoms with van der Waals surface area (Å²) >= 11 is 0. The molecule has 114 valence electrons. The standard InChI is InChI=1S/C16H34N2O/c1-6-7-8-9-10-11-12-13-15(19)18(5)16(4,17)14(2)3/h14H,6-13,17H2,1-5H3. The van der Waals surface area contributed by atoms with Crippen molar-refractivity contribution in [3.8, 4) is 0 Å². The first kappa shape index (κ1) is 18.4. The maximum absolute atomic E-state index is 12.1. The van der Waals surface area contributed by atoms with Crippen molar-refractivity contribution in [3.63, 3.8) is 0 Å². The minimum absolute atomic E-state index is 0.173. The summed E-state index contributed by atoms with van der Waals surface area (Å²) in [6.07, 6.45) is 9.28. The lowest BCUT2D eigenvalue weighted by atomic mass is 9.97. The number of carbonyl (C=O) groups is 1. The molecule has 0 fully saturated rings. The molecule has 0 aliphatic carbocycles. The van der Waals surface area contributed by atoms with Gasteiger partial charge in [0.25, 0.3) is 0 Å². The van der Waals surface area contributed by atoms with Crippen LogP contribution in [0, 0.1) is 5.92 Å². The minimum atomic E-state index is -0.543.